The van der Waals surface area contributed by atoms with Gasteiger partial charge < -0.3 is 13.9 Å². The summed E-state index contributed by atoms with van der Waals surface area (Å²) in [4.78, 5) is 35.1. The number of rotatable bonds is 3. The molecule has 0 atom stereocenters. The van der Waals surface area contributed by atoms with Gasteiger partial charge in [-0.2, -0.15) is 0 Å². The second kappa shape index (κ2) is 7.13. The van der Waals surface area contributed by atoms with Crippen LogP contribution in [0.15, 0.2) is 56.1 Å². The van der Waals surface area contributed by atoms with Crippen LogP contribution in [0, 0.1) is 0 Å². The second-order valence-corrected chi connectivity index (χ2v) is 6.37. The molecule has 1 heterocycles. The molecule has 132 valence electrons. The third-order valence-electron chi connectivity index (χ3n) is 3.48. The predicted molar refractivity (Wildman–Crippen MR) is 98.2 cm³/mol. The normalized spacial score (nSPS) is 10.6. The highest BCUT2D eigenvalue weighted by molar-refractivity contribution is 9.10. The molecule has 6 nitrogen and oxygen atoms in total. The van der Waals surface area contributed by atoms with Gasteiger partial charge in [0.25, 0.3) is 0 Å². The van der Waals surface area contributed by atoms with E-state index in [-0.39, 0.29) is 17.1 Å². The van der Waals surface area contributed by atoms with E-state index >= 15 is 0 Å². The third kappa shape index (κ3) is 3.67. The Bertz CT molecular complexity index is 1070. The number of ether oxygens (including phenoxy) is 2. The Morgan fingerprint density at radius 1 is 0.962 bits per heavy atom. The summed E-state index contributed by atoms with van der Waals surface area (Å²) in [6, 6.07) is 11.9. The minimum atomic E-state index is -0.634. The zero-order valence-electron chi connectivity index (χ0n) is 13.9. The van der Waals surface area contributed by atoms with Crippen LogP contribution in [0.3, 0.4) is 0 Å². The van der Waals surface area contributed by atoms with Gasteiger partial charge in [-0.05, 0) is 35.9 Å². The molecule has 0 saturated heterocycles. The van der Waals surface area contributed by atoms with Gasteiger partial charge in [-0.1, -0.05) is 28.1 Å². The molecule has 0 aliphatic heterocycles. The highest BCUT2D eigenvalue weighted by Gasteiger charge is 2.19. The Morgan fingerprint density at radius 3 is 2.23 bits per heavy atom. The molecule has 0 fully saturated rings. The largest absolute Gasteiger partial charge is 0.423 e. The fraction of sp³-hybridized carbons (Fsp3) is 0.105. The number of carbonyl (C=O) groups is 2. The van der Waals surface area contributed by atoms with Crippen LogP contribution in [0.4, 0.5) is 0 Å². The van der Waals surface area contributed by atoms with Gasteiger partial charge in [-0.25, -0.2) is 4.79 Å². The van der Waals surface area contributed by atoms with Crippen molar-refractivity contribution in [2.24, 2.45) is 0 Å². The van der Waals surface area contributed by atoms with E-state index < -0.39 is 17.6 Å². The van der Waals surface area contributed by atoms with Gasteiger partial charge in [0.05, 0.1) is 5.56 Å². The smallest absolute Gasteiger partial charge is 0.344 e. The lowest BCUT2D eigenvalue weighted by Crippen LogP contribution is -2.09. The Hall–Kier alpha value is -2.93. The van der Waals surface area contributed by atoms with Gasteiger partial charge >= 0.3 is 17.6 Å². The molecule has 0 bridgehead atoms. The van der Waals surface area contributed by atoms with Crippen molar-refractivity contribution in [3.05, 3.63) is 57.4 Å². The summed E-state index contributed by atoms with van der Waals surface area (Å²) in [5.41, 5.74) is 0.471. The highest BCUT2D eigenvalue weighted by Crippen LogP contribution is 2.36. The maximum atomic E-state index is 12.5. The lowest BCUT2D eigenvalue weighted by Gasteiger charge is -2.11. The molecular formula is C19H13BrO6. The average molecular weight is 417 g/mol. The number of fused-ring (bicyclic) bond motifs is 1. The van der Waals surface area contributed by atoms with E-state index in [1.807, 2.05) is 12.1 Å². The van der Waals surface area contributed by atoms with Crippen molar-refractivity contribution in [1.29, 1.82) is 0 Å². The molecule has 3 rings (SSSR count). The second-order valence-electron chi connectivity index (χ2n) is 5.45. The molecule has 7 heteroatoms. The van der Waals surface area contributed by atoms with Crippen molar-refractivity contribution >= 4 is 38.8 Å². The van der Waals surface area contributed by atoms with Crippen molar-refractivity contribution in [3.63, 3.8) is 0 Å². The van der Waals surface area contributed by atoms with Crippen LogP contribution in [0.2, 0.25) is 0 Å². The summed E-state index contributed by atoms with van der Waals surface area (Å²) >= 11 is 3.34. The molecule has 0 aliphatic rings. The van der Waals surface area contributed by atoms with E-state index in [0.717, 1.165) is 4.47 Å². The summed E-state index contributed by atoms with van der Waals surface area (Å²) in [5, 5.41) is 0.523. The lowest BCUT2D eigenvalue weighted by atomic mass is 10.1. The summed E-state index contributed by atoms with van der Waals surface area (Å²) in [7, 11) is 0. The highest BCUT2D eigenvalue weighted by atomic mass is 79.9. The predicted octanol–water partition coefficient (Wildman–Crippen LogP) is 4.07. The number of benzene rings is 2. The van der Waals surface area contributed by atoms with Crippen molar-refractivity contribution in [3.8, 4) is 22.6 Å². The zero-order valence-corrected chi connectivity index (χ0v) is 15.5. The van der Waals surface area contributed by atoms with Crippen molar-refractivity contribution in [2.75, 3.05) is 0 Å². The summed E-state index contributed by atoms with van der Waals surface area (Å²) < 4.78 is 16.4. The van der Waals surface area contributed by atoms with Crippen LogP contribution in [-0.4, -0.2) is 11.9 Å². The number of esters is 2. The van der Waals surface area contributed by atoms with Crippen molar-refractivity contribution < 1.29 is 23.5 Å². The van der Waals surface area contributed by atoms with E-state index in [0.29, 0.717) is 16.5 Å². The molecule has 2 aromatic carbocycles. The van der Waals surface area contributed by atoms with E-state index in [1.54, 1.807) is 24.3 Å². The van der Waals surface area contributed by atoms with Gasteiger partial charge in [0.2, 0.25) is 5.75 Å². The molecule has 0 radical (unpaired) electrons. The number of halogens is 1. The summed E-state index contributed by atoms with van der Waals surface area (Å²) in [5.74, 6) is -1.33. The maximum absolute atomic E-state index is 12.5. The molecule has 0 aliphatic carbocycles. The van der Waals surface area contributed by atoms with Crippen molar-refractivity contribution in [1.82, 2.24) is 0 Å². The first-order valence-electron chi connectivity index (χ1n) is 7.59. The number of carbonyl (C=O) groups excluding carboxylic acids is 2. The zero-order chi connectivity index (χ0) is 18.8. The van der Waals surface area contributed by atoms with E-state index in [2.05, 4.69) is 15.9 Å². The number of hydrogen-bond donors (Lipinski definition) is 0. The average Bonchev–Trinajstić information content (AvgIpc) is 2.57. The third-order valence-corrected chi connectivity index (χ3v) is 4.00. The molecule has 0 amide bonds. The van der Waals surface area contributed by atoms with E-state index in [4.69, 9.17) is 13.9 Å². The molecule has 0 saturated carbocycles. The molecule has 3 aromatic rings. The minimum Gasteiger partial charge on any atom is -0.423 e. The Balaban J connectivity index is 2.22. The van der Waals surface area contributed by atoms with Crippen LogP contribution in [0.5, 0.6) is 11.5 Å². The topological polar surface area (TPSA) is 82.8 Å². The van der Waals surface area contributed by atoms with Crippen LogP contribution in [0.1, 0.15) is 13.8 Å². The van der Waals surface area contributed by atoms with Crippen LogP contribution >= 0.6 is 15.9 Å². The van der Waals surface area contributed by atoms with Crippen LogP contribution in [-0.2, 0) is 9.59 Å². The Labute approximate surface area is 156 Å². The standard InChI is InChI=1S/C19H13BrO6/c1-10(21)24-16-8-5-13-9-15(12-3-6-14(20)7-4-12)19(23)26-17(13)18(16)25-11(2)22/h3-9H,1-2H3. The van der Waals surface area contributed by atoms with Gasteiger partial charge in [0.15, 0.2) is 11.3 Å². The molecule has 1 aromatic heterocycles. The van der Waals surface area contributed by atoms with Gasteiger partial charge in [0, 0.05) is 23.7 Å². The minimum absolute atomic E-state index is 0.000239. The summed E-state index contributed by atoms with van der Waals surface area (Å²) in [6.45, 7) is 2.42. The fourth-order valence-electron chi connectivity index (χ4n) is 2.45. The van der Waals surface area contributed by atoms with Gasteiger partial charge in [-0.3, -0.25) is 9.59 Å². The van der Waals surface area contributed by atoms with E-state index in [1.165, 1.54) is 19.9 Å². The lowest BCUT2D eigenvalue weighted by molar-refractivity contribution is -0.134. The quantitative estimate of drug-likeness (QED) is 0.363. The van der Waals surface area contributed by atoms with Gasteiger partial charge in [-0.15, -0.1) is 0 Å². The molecule has 0 N–H and O–H groups in total. The van der Waals surface area contributed by atoms with Gasteiger partial charge in [0.1, 0.15) is 0 Å². The first-order valence-corrected chi connectivity index (χ1v) is 8.38. The molecular weight excluding hydrogens is 404 g/mol. The molecule has 0 spiro atoms. The number of hydrogen-bond acceptors (Lipinski definition) is 6. The first kappa shape index (κ1) is 17.9. The molecule has 0 unspecified atom stereocenters. The van der Waals surface area contributed by atoms with Crippen molar-refractivity contribution in [2.45, 2.75) is 13.8 Å². The Morgan fingerprint density at radius 2 is 1.62 bits per heavy atom. The first-order chi connectivity index (χ1) is 12.3. The maximum Gasteiger partial charge on any atom is 0.344 e. The Kier molecular flexibility index (Phi) is 4.90. The van der Waals surface area contributed by atoms with Crippen LogP contribution in [0.25, 0.3) is 22.1 Å². The SMILES string of the molecule is CC(=O)Oc1ccc2cc(-c3ccc(Br)cc3)c(=O)oc2c1OC(C)=O. The monoisotopic (exact) mass is 416 g/mol. The van der Waals surface area contributed by atoms with E-state index in [9.17, 15) is 14.4 Å². The summed E-state index contributed by atoms with van der Waals surface area (Å²) in [6.07, 6.45) is 0. The fourth-order valence-corrected chi connectivity index (χ4v) is 2.71. The molecule has 26 heavy (non-hydrogen) atoms. The van der Waals surface area contributed by atoms with Crippen LogP contribution < -0.4 is 15.1 Å².